The van der Waals surface area contributed by atoms with E-state index in [9.17, 15) is 4.79 Å². The summed E-state index contributed by atoms with van der Waals surface area (Å²) in [5.74, 6) is 0.521. The Hall–Kier alpha value is -1.11. The number of hydrogen-bond donors (Lipinski definition) is 0. The first-order valence-corrected chi connectivity index (χ1v) is 6.52. The van der Waals surface area contributed by atoms with Gasteiger partial charge in [0.15, 0.2) is 0 Å². The fourth-order valence-electron chi connectivity index (χ4n) is 2.28. The molecule has 0 aromatic heterocycles. The van der Waals surface area contributed by atoms with Crippen molar-refractivity contribution in [3.63, 3.8) is 0 Å². The van der Waals surface area contributed by atoms with E-state index < -0.39 is 0 Å². The number of ketones is 1. The fourth-order valence-corrected chi connectivity index (χ4v) is 2.28. The van der Waals surface area contributed by atoms with Crippen molar-refractivity contribution in [3.05, 3.63) is 35.9 Å². The average molecular weight is 232 g/mol. The SMILES string of the molecule is CC(C)C(=O)C(C)(C)CCCc1ccccc1. The van der Waals surface area contributed by atoms with Crippen molar-refractivity contribution in [2.24, 2.45) is 11.3 Å². The van der Waals surface area contributed by atoms with Gasteiger partial charge in [-0.15, -0.1) is 0 Å². The quantitative estimate of drug-likeness (QED) is 0.716. The molecular formula is C16H24O. The summed E-state index contributed by atoms with van der Waals surface area (Å²) in [6, 6.07) is 10.5. The van der Waals surface area contributed by atoms with Crippen molar-refractivity contribution >= 4 is 5.78 Å². The molecule has 0 spiro atoms. The summed E-state index contributed by atoms with van der Waals surface area (Å²) < 4.78 is 0. The maximum absolute atomic E-state index is 12.0. The van der Waals surface area contributed by atoms with Gasteiger partial charge in [-0.3, -0.25) is 4.79 Å². The van der Waals surface area contributed by atoms with Crippen LogP contribution in [-0.4, -0.2) is 5.78 Å². The Bertz CT molecular complexity index is 349. The lowest BCUT2D eigenvalue weighted by atomic mass is 9.78. The van der Waals surface area contributed by atoms with Crippen molar-refractivity contribution in [2.75, 3.05) is 0 Å². The Morgan fingerprint density at radius 3 is 2.29 bits per heavy atom. The number of carbonyl (C=O) groups excluding carboxylic acids is 1. The second-order valence-electron chi connectivity index (χ2n) is 5.74. The van der Waals surface area contributed by atoms with Gasteiger partial charge in [0.05, 0.1) is 0 Å². The van der Waals surface area contributed by atoms with Gasteiger partial charge in [0.25, 0.3) is 0 Å². The van der Waals surface area contributed by atoms with E-state index in [0.29, 0.717) is 5.78 Å². The molecular weight excluding hydrogens is 208 g/mol. The van der Waals surface area contributed by atoms with Crippen molar-refractivity contribution in [3.8, 4) is 0 Å². The summed E-state index contributed by atoms with van der Waals surface area (Å²) in [5.41, 5.74) is 1.18. The van der Waals surface area contributed by atoms with Crippen LogP contribution in [0, 0.1) is 11.3 Å². The molecule has 1 aromatic rings. The second-order valence-corrected chi connectivity index (χ2v) is 5.74. The summed E-state index contributed by atoms with van der Waals surface area (Å²) in [6.07, 6.45) is 3.12. The molecule has 0 aliphatic heterocycles. The standard InChI is InChI=1S/C16H24O/c1-13(2)15(17)16(3,4)12-8-11-14-9-6-5-7-10-14/h5-7,9-10,13H,8,11-12H2,1-4H3. The topological polar surface area (TPSA) is 17.1 Å². The molecule has 1 rings (SSSR count). The van der Waals surface area contributed by atoms with Gasteiger partial charge in [-0.2, -0.15) is 0 Å². The molecule has 0 bridgehead atoms. The lowest BCUT2D eigenvalue weighted by Crippen LogP contribution is -2.28. The molecule has 0 unspecified atom stereocenters. The summed E-state index contributed by atoms with van der Waals surface area (Å²) in [4.78, 5) is 12.0. The zero-order chi connectivity index (χ0) is 12.9. The number of Topliss-reactive ketones (excluding diaryl/α,β-unsaturated/α-hetero) is 1. The van der Waals surface area contributed by atoms with Gasteiger partial charge in [0.1, 0.15) is 5.78 Å². The zero-order valence-corrected chi connectivity index (χ0v) is 11.5. The Morgan fingerprint density at radius 2 is 1.76 bits per heavy atom. The van der Waals surface area contributed by atoms with Gasteiger partial charge >= 0.3 is 0 Å². The van der Waals surface area contributed by atoms with Crippen molar-refractivity contribution in [1.82, 2.24) is 0 Å². The van der Waals surface area contributed by atoms with E-state index in [1.165, 1.54) is 5.56 Å². The smallest absolute Gasteiger partial charge is 0.140 e. The minimum atomic E-state index is -0.178. The van der Waals surface area contributed by atoms with Crippen LogP contribution in [0.15, 0.2) is 30.3 Å². The molecule has 0 aliphatic rings. The van der Waals surface area contributed by atoms with E-state index >= 15 is 0 Å². The molecule has 1 heteroatoms. The van der Waals surface area contributed by atoms with Crippen LogP contribution in [0.1, 0.15) is 46.1 Å². The van der Waals surface area contributed by atoms with Crippen LogP contribution in [0.3, 0.4) is 0 Å². The molecule has 0 radical (unpaired) electrons. The highest BCUT2D eigenvalue weighted by atomic mass is 16.1. The predicted octanol–water partition coefficient (Wildman–Crippen LogP) is 4.26. The fraction of sp³-hybridized carbons (Fsp3) is 0.562. The monoisotopic (exact) mass is 232 g/mol. The molecule has 0 heterocycles. The highest BCUT2D eigenvalue weighted by Crippen LogP contribution is 2.27. The lowest BCUT2D eigenvalue weighted by molar-refractivity contribution is -0.130. The number of carbonyl (C=O) groups is 1. The van der Waals surface area contributed by atoms with Crippen LogP contribution in [0.4, 0.5) is 0 Å². The first kappa shape index (κ1) is 14.0. The van der Waals surface area contributed by atoms with Crippen molar-refractivity contribution in [2.45, 2.75) is 47.0 Å². The van der Waals surface area contributed by atoms with Gasteiger partial charge in [-0.05, 0) is 24.8 Å². The van der Waals surface area contributed by atoms with Crippen molar-refractivity contribution < 1.29 is 4.79 Å². The molecule has 1 aromatic carbocycles. The highest BCUT2D eigenvalue weighted by Gasteiger charge is 2.28. The third-order valence-electron chi connectivity index (χ3n) is 3.30. The van der Waals surface area contributed by atoms with Crippen LogP contribution in [-0.2, 0) is 11.2 Å². The molecule has 0 fully saturated rings. The summed E-state index contributed by atoms with van der Waals surface area (Å²) >= 11 is 0. The lowest BCUT2D eigenvalue weighted by Gasteiger charge is -2.25. The van der Waals surface area contributed by atoms with E-state index in [1.807, 2.05) is 19.9 Å². The Kier molecular flexibility index (Phi) is 4.92. The normalized spacial score (nSPS) is 11.8. The summed E-state index contributed by atoms with van der Waals surface area (Å²) in [6.45, 7) is 8.11. The van der Waals surface area contributed by atoms with Crippen LogP contribution in [0.5, 0.6) is 0 Å². The predicted molar refractivity (Wildman–Crippen MR) is 73.0 cm³/mol. The van der Waals surface area contributed by atoms with E-state index in [0.717, 1.165) is 19.3 Å². The van der Waals surface area contributed by atoms with Crippen molar-refractivity contribution in [1.29, 1.82) is 0 Å². The Balaban J connectivity index is 2.43. The molecule has 0 amide bonds. The molecule has 0 saturated heterocycles. The number of benzene rings is 1. The third-order valence-corrected chi connectivity index (χ3v) is 3.30. The van der Waals surface area contributed by atoms with Crippen LogP contribution >= 0.6 is 0 Å². The van der Waals surface area contributed by atoms with Gasteiger partial charge in [0.2, 0.25) is 0 Å². The highest BCUT2D eigenvalue weighted by molar-refractivity contribution is 5.85. The first-order valence-electron chi connectivity index (χ1n) is 6.52. The molecule has 17 heavy (non-hydrogen) atoms. The number of hydrogen-bond acceptors (Lipinski definition) is 1. The molecule has 1 nitrogen and oxygen atoms in total. The van der Waals surface area contributed by atoms with Crippen LogP contribution in [0.25, 0.3) is 0 Å². The molecule has 0 atom stereocenters. The first-order chi connectivity index (χ1) is 7.93. The Labute approximate surface area is 105 Å². The van der Waals surface area contributed by atoms with Gasteiger partial charge in [-0.1, -0.05) is 58.0 Å². The van der Waals surface area contributed by atoms with E-state index in [4.69, 9.17) is 0 Å². The summed E-state index contributed by atoms with van der Waals surface area (Å²) in [7, 11) is 0. The minimum absolute atomic E-state index is 0.140. The Morgan fingerprint density at radius 1 is 1.18 bits per heavy atom. The zero-order valence-electron chi connectivity index (χ0n) is 11.5. The maximum Gasteiger partial charge on any atom is 0.140 e. The number of aryl methyl sites for hydroxylation is 1. The molecule has 0 saturated carbocycles. The molecule has 94 valence electrons. The molecule has 0 aliphatic carbocycles. The maximum atomic E-state index is 12.0. The summed E-state index contributed by atoms with van der Waals surface area (Å²) in [5, 5.41) is 0. The van der Waals surface area contributed by atoms with Crippen LogP contribution < -0.4 is 0 Å². The van der Waals surface area contributed by atoms with Gasteiger partial charge in [-0.25, -0.2) is 0 Å². The van der Waals surface area contributed by atoms with Gasteiger partial charge in [0, 0.05) is 11.3 Å². The van der Waals surface area contributed by atoms with E-state index in [1.54, 1.807) is 0 Å². The molecule has 0 N–H and O–H groups in total. The van der Waals surface area contributed by atoms with Crippen LogP contribution in [0.2, 0.25) is 0 Å². The van der Waals surface area contributed by atoms with Gasteiger partial charge < -0.3 is 0 Å². The van der Waals surface area contributed by atoms with E-state index in [2.05, 4.69) is 38.1 Å². The largest absolute Gasteiger partial charge is 0.299 e. The number of rotatable bonds is 6. The average Bonchev–Trinajstić information content (AvgIpc) is 2.29. The second kappa shape index (κ2) is 6.00. The third kappa shape index (κ3) is 4.33. The van der Waals surface area contributed by atoms with E-state index in [-0.39, 0.29) is 11.3 Å². The minimum Gasteiger partial charge on any atom is -0.299 e.